The highest BCUT2D eigenvalue weighted by molar-refractivity contribution is 7.22. The lowest BCUT2D eigenvalue weighted by atomic mass is 10.2. The maximum absolute atomic E-state index is 12.7. The van der Waals surface area contributed by atoms with E-state index in [2.05, 4.69) is 20.9 Å². The van der Waals surface area contributed by atoms with Crippen LogP contribution in [0, 0.1) is 6.92 Å². The number of amides is 3. The summed E-state index contributed by atoms with van der Waals surface area (Å²) in [7, 11) is 1.25. The molecule has 2 heterocycles. The van der Waals surface area contributed by atoms with Crippen molar-refractivity contribution < 1.29 is 28.3 Å². The van der Waals surface area contributed by atoms with Gasteiger partial charge in [-0.25, -0.2) is 24.2 Å². The quantitative estimate of drug-likeness (QED) is 0.280. The van der Waals surface area contributed by atoms with Crippen molar-refractivity contribution in [3.05, 3.63) is 87.6 Å². The zero-order chi connectivity index (χ0) is 27.2. The molecule has 2 aromatic carbocycles. The molecule has 0 aliphatic heterocycles. The number of carbonyl (C=O) groups is 3. The van der Waals surface area contributed by atoms with E-state index in [0.717, 1.165) is 16.9 Å². The summed E-state index contributed by atoms with van der Waals surface area (Å²) in [5.74, 6) is -0.608. The molecular weight excluding hydrogens is 512 g/mol. The Morgan fingerprint density at radius 3 is 2.50 bits per heavy atom. The van der Waals surface area contributed by atoms with Gasteiger partial charge in [-0.2, -0.15) is 0 Å². The Morgan fingerprint density at radius 1 is 1.05 bits per heavy atom. The molecule has 0 saturated heterocycles. The van der Waals surface area contributed by atoms with Crippen LogP contribution < -0.4 is 21.6 Å². The van der Waals surface area contributed by atoms with Gasteiger partial charge in [0.2, 0.25) is 5.89 Å². The Kier molecular flexibility index (Phi) is 8.02. The topological polar surface area (TPSA) is 149 Å². The summed E-state index contributed by atoms with van der Waals surface area (Å²) < 4.78 is 15.3. The number of methoxy groups -OCH3 is 1. The fourth-order valence-electron chi connectivity index (χ4n) is 3.53. The van der Waals surface area contributed by atoms with Gasteiger partial charge in [-0.05, 0) is 31.5 Å². The van der Waals surface area contributed by atoms with E-state index < -0.39 is 29.8 Å². The zero-order valence-electron chi connectivity index (χ0n) is 20.7. The van der Waals surface area contributed by atoms with Gasteiger partial charge in [0.25, 0.3) is 0 Å². The number of ether oxygens (including phenoxy) is 2. The predicted molar refractivity (Wildman–Crippen MR) is 141 cm³/mol. The molecule has 0 unspecified atom stereocenters. The molecule has 0 aliphatic carbocycles. The van der Waals surface area contributed by atoms with Gasteiger partial charge in [0.1, 0.15) is 27.9 Å². The lowest BCUT2D eigenvalue weighted by Crippen LogP contribution is -2.28. The molecule has 1 atom stereocenters. The average Bonchev–Trinajstić information content (AvgIpc) is 3.22. The Morgan fingerprint density at radius 2 is 1.76 bits per heavy atom. The lowest BCUT2D eigenvalue weighted by molar-refractivity contribution is 0.0602. The van der Waals surface area contributed by atoms with E-state index in [1.54, 1.807) is 32.0 Å². The van der Waals surface area contributed by atoms with Crippen LogP contribution in [0.1, 0.15) is 40.3 Å². The number of nitrogens with zero attached hydrogens (tertiary/aromatic N) is 1. The number of benzene rings is 2. The fourth-order valence-corrected chi connectivity index (χ4v) is 4.60. The number of esters is 1. The van der Waals surface area contributed by atoms with Crippen molar-refractivity contribution in [1.82, 2.24) is 10.3 Å². The summed E-state index contributed by atoms with van der Waals surface area (Å²) >= 11 is 1.07. The summed E-state index contributed by atoms with van der Waals surface area (Å²) in [6.45, 7) is 3.34. The molecule has 11 nitrogen and oxygen atoms in total. The second kappa shape index (κ2) is 11.6. The molecular formula is C26H24N4O7S. The molecule has 12 heteroatoms. The highest BCUT2D eigenvalue weighted by Gasteiger charge is 2.22. The number of thiophene rings is 1. The van der Waals surface area contributed by atoms with Crippen molar-refractivity contribution in [1.29, 1.82) is 0 Å². The molecule has 38 heavy (non-hydrogen) atoms. The minimum absolute atomic E-state index is 0.0107. The highest BCUT2D eigenvalue weighted by Crippen LogP contribution is 2.33. The first-order valence-electron chi connectivity index (χ1n) is 11.4. The van der Waals surface area contributed by atoms with Crippen molar-refractivity contribution in [2.45, 2.75) is 26.5 Å². The molecule has 0 saturated carbocycles. The van der Waals surface area contributed by atoms with Crippen molar-refractivity contribution in [2.24, 2.45) is 0 Å². The highest BCUT2D eigenvalue weighted by atomic mass is 32.1. The summed E-state index contributed by atoms with van der Waals surface area (Å²) in [6.07, 6.45) is -0.695. The Labute approximate surface area is 220 Å². The van der Waals surface area contributed by atoms with Gasteiger partial charge in [0.15, 0.2) is 0 Å². The van der Waals surface area contributed by atoms with Crippen molar-refractivity contribution >= 4 is 50.3 Å². The van der Waals surface area contributed by atoms with Crippen LogP contribution in [0.3, 0.4) is 0 Å². The molecule has 0 radical (unpaired) electrons. The number of alkyl carbamates (subject to hydrolysis) is 1. The molecule has 0 aliphatic rings. The Balaban J connectivity index is 1.47. The summed E-state index contributed by atoms with van der Waals surface area (Å²) in [6, 6.07) is 14.2. The largest absolute Gasteiger partial charge is 0.465 e. The SMILES string of the molecule is COC(=O)c1ccccc1NC(=O)Nc1sc2nc([C@H](C)NC(=O)OCc3ccccc3)oc(=O)c2c1C. The number of aromatic nitrogens is 1. The number of nitrogens with one attached hydrogen (secondary N) is 3. The normalized spacial score (nSPS) is 11.4. The first-order valence-corrected chi connectivity index (χ1v) is 12.2. The number of hydrogen-bond donors (Lipinski definition) is 3. The van der Waals surface area contributed by atoms with E-state index in [4.69, 9.17) is 13.9 Å². The van der Waals surface area contributed by atoms with Crippen molar-refractivity contribution in [3.63, 3.8) is 0 Å². The monoisotopic (exact) mass is 536 g/mol. The van der Waals surface area contributed by atoms with Gasteiger partial charge in [-0.1, -0.05) is 53.8 Å². The van der Waals surface area contributed by atoms with Gasteiger partial charge < -0.3 is 24.5 Å². The number of carbonyl (C=O) groups excluding carboxylic acids is 3. The predicted octanol–water partition coefficient (Wildman–Crippen LogP) is 4.98. The average molecular weight is 537 g/mol. The minimum atomic E-state index is -0.757. The molecule has 4 rings (SSSR count). The standard InChI is InChI=1S/C26H24N4O7S/c1-14-19-22(38-21(14)30-25(33)28-18-12-8-7-11-17(18)23(31)35-3)29-20(37-24(19)32)15(2)27-26(34)36-13-16-9-5-4-6-10-16/h4-12,15H,13H2,1-3H3,(H,27,34)(H2,28,30,33)/t15-/m0/s1. The van der Waals surface area contributed by atoms with Crippen molar-refractivity contribution in [2.75, 3.05) is 17.7 Å². The van der Waals surface area contributed by atoms with E-state index in [9.17, 15) is 19.2 Å². The van der Waals surface area contributed by atoms with E-state index in [0.29, 0.717) is 15.4 Å². The number of anilines is 2. The van der Waals surface area contributed by atoms with Crippen LogP contribution in [0.5, 0.6) is 0 Å². The smallest absolute Gasteiger partial charge is 0.408 e. The molecule has 3 amide bonds. The maximum atomic E-state index is 12.7. The first-order chi connectivity index (χ1) is 18.3. The number of para-hydroxylation sites is 1. The molecule has 0 bridgehead atoms. The molecule has 3 N–H and O–H groups in total. The number of urea groups is 1. The third-order valence-corrected chi connectivity index (χ3v) is 6.57. The summed E-state index contributed by atoms with van der Waals surface area (Å²) in [5.41, 5.74) is 1.09. The Hall–Kier alpha value is -4.71. The van der Waals surface area contributed by atoms with E-state index in [1.165, 1.54) is 13.2 Å². The van der Waals surface area contributed by atoms with Crippen LogP contribution in [0.15, 0.2) is 63.8 Å². The van der Waals surface area contributed by atoms with Crippen molar-refractivity contribution in [3.8, 4) is 0 Å². The van der Waals surface area contributed by atoms with Gasteiger partial charge in [0.05, 0.1) is 18.4 Å². The maximum Gasteiger partial charge on any atom is 0.408 e. The van der Waals surface area contributed by atoms with Crippen LogP contribution in [-0.2, 0) is 16.1 Å². The molecule has 0 spiro atoms. The van der Waals surface area contributed by atoms with E-state index in [-0.39, 0.29) is 29.1 Å². The van der Waals surface area contributed by atoms with Gasteiger partial charge in [0, 0.05) is 5.56 Å². The number of aryl methyl sites for hydroxylation is 1. The number of fused-ring (bicyclic) bond motifs is 1. The van der Waals surface area contributed by atoms with Crippen LogP contribution in [0.25, 0.3) is 10.2 Å². The van der Waals surface area contributed by atoms with E-state index in [1.807, 2.05) is 30.3 Å². The number of rotatable bonds is 7. The second-order valence-corrected chi connectivity index (χ2v) is 9.12. The summed E-state index contributed by atoms with van der Waals surface area (Å²) in [5, 5.41) is 8.46. The van der Waals surface area contributed by atoms with Gasteiger partial charge >= 0.3 is 23.7 Å². The fraction of sp³-hybridized carbons (Fsp3) is 0.192. The van der Waals surface area contributed by atoms with Crippen LogP contribution in [0.2, 0.25) is 0 Å². The van der Waals surface area contributed by atoms with Crippen LogP contribution >= 0.6 is 11.3 Å². The van der Waals surface area contributed by atoms with Gasteiger partial charge in [-0.15, -0.1) is 0 Å². The first kappa shape index (κ1) is 26.4. The van der Waals surface area contributed by atoms with Gasteiger partial charge in [-0.3, -0.25) is 5.32 Å². The van der Waals surface area contributed by atoms with Crippen LogP contribution in [0.4, 0.5) is 20.3 Å². The third-order valence-electron chi connectivity index (χ3n) is 5.47. The third kappa shape index (κ3) is 5.98. The molecule has 196 valence electrons. The lowest BCUT2D eigenvalue weighted by Gasteiger charge is -2.12. The second-order valence-electron chi connectivity index (χ2n) is 8.12. The number of hydrogen-bond acceptors (Lipinski definition) is 9. The zero-order valence-corrected chi connectivity index (χ0v) is 21.5. The minimum Gasteiger partial charge on any atom is -0.465 e. The van der Waals surface area contributed by atoms with E-state index >= 15 is 0 Å². The van der Waals surface area contributed by atoms with Crippen LogP contribution in [-0.4, -0.2) is 30.2 Å². The summed E-state index contributed by atoms with van der Waals surface area (Å²) in [4.78, 5) is 54.3. The molecule has 0 fully saturated rings. The molecule has 2 aromatic heterocycles. The Bertz CT molecular complexity index is 1550. The molecule has 4 aromatic rings.